The predicted octanol–water partition coefficient (Wildman–Crippen LogP) is 4.98. The number of hydrogen-bond donors (Lipinski definition) is 1. The molecule has 2 saturated heterocycles. The molecule has 44 heavy (non-hydrogen) atoms. The number of benzene rings is 1. The minimum Gasteiger partial charge on any atom is -0.372 e. The van der Waals surface area contributed by atoms with E-state index >= 15 is 0 Å². The molecule has 0 bridgehead atoms. The van der Waals surface area contributed by atoms with Crippen LogP contribution in [0.5, 0.6) is 0 Å². The number of nitrogens with zero attached hydrogens (tertiary/aromatic N) is 5. The first-order chi connectivity index (χ1) is 21.4. The zero-order chi connectivity index (χ0) is 30.4. The third kappa shape index (κ3) is 5.52. The number of aromatic nitrogens is 3. The third-order valence-electron chi connectivity index (χ3n) is 9.92. The van der Waals surface area contributed by atoms with Gasteiger partial charge in [-0.2, -0.15) is 5.10 Å². The minimum absolute atomic E-state index is 0.0230. The van der Waals surface area contributed by atoms with E-state index in [1.165, 1.54) is 29.3 Å². The Morgan fingerprint density at radius 3 is 2.59 bits per heavy atom. The van der Waals surface area contributed by atoms with Crippen LogP contribution in [-0.4, -0.2) is 81.2 Å². The lowest BCUT2D eigenvalue weighted by Gasteiger charge is -2.32. The van der Waals surface area contributed by atoms with E-state index in [0.717, 1.165) is 74.3 Å². The van der Waals surface area contributed by atoms with Gasteiger partial charge in [-0.1, -0.05) is 18.2 Å². The number of piperidine rings is 2. The molecule has 0 spiro atoms. The van der Waals surface area contributed by atoms with Crippen molar-refractivity contribution in [3.8, 4) is 11.4 Å². The van der Waals surface area contributed by atoms with E-state index in [4.69, 9.17) is 15.6 Å². The number of amides is 2. The monoisotopic (exact) mass is 596 g/mol. The number of pyridine rings is 1. The highest BCUT2D eigenvalue weighted by Crippen LogP contribution is 2.41. The van der Waals surface area contributed by atoms with Gasteiger partial charge >= 0.3 is 0 Å². The lowest BCUT2D eigenvalue weighted by atomic mass is 9.88. The molecule has 4 aromatic rings. The molecule has 5 heterocycles. The molecule has 2 N–H and O–H groups in total. The summed E-state index contributed by atoms with van der Waals surface area (Å²) in [6.07, 6.45) is 8.22. The van der Waals surface area contributed by atoms with Gasteiger partial charge < -0.3 is 24.8 Å². The Hall–Kier alpha value is -3.69. The second kappa shape index (κ2) is 12.0. The Morgan fingerprint density at radius 1 is 1.02 bits per heavy atom. The Balaban J connectivity index is 1.22. The van der Waals surface area contributed by atoms with Gasteiger partial charge in [0.2, 0.25) is 5.91 Å². The van der Waals surface area contributed by atoms with Crippen molar-refractivity contribution in [2.24, 2.45) is 11.7 Å². The molecular formula is C35H44N6O3. The van der Waals surface area contributed by atoms with Crippen LogP contribution in [0.3, 0.4) is 0 Å². The van der Waals surface area contributed by atoms with Crippen molar-refractivity contribution in [1.29, 1.82) is 0 Å². The van der Waals surface area contributed by atoms with Crippen molar-refractivity contribution in [2.45, 2.75) is 70.9 Å². The highest BCUT2D eigenvalue weighted by molar-refractivity contribution is 5.95. The molecule has 3 aliphatic rings. The standard InChI is InChI=1S/C35H44N6O3/c1-3-44-22-32(42)38-16-13-25(14-17-38)29-8-4-6-26-18-31(40(34(26)29)19-24-9-10-24)33-23(2)30-12-11-27(20-41(30)37-33)35(43)39-15-5-7-28(36)21-39/h4,6,8,11-12,18,20,24-25,28H,3,5,7,9-10,13-17,19,21-22,36H2,1-2H3. The molecule has 7 rings (SSSR count). The fourth-order valence-corrected chi connectivity index (χ4v) is 7.27. The molecule has 3 aromatic heterocycles. The average molecular weight is 597 g/mol. The first-order valence-corrected chi connectivity index (χ1v) is 16.4. The van der Waals surface area contributed by atoms with Crippen LogP contribution in [0.15, 0.2) is 42.6 Å². The smallest absolute Gasteiger partial charge is 0.255 e. The molecule has 3 fully saturated rings. The molecule has 9 nitrogen and oxygen atoms in total. The third-order valence-corrected chi connectivity index (χ3v) is 9.92. The van der Waals surface area contributed by atoms with Gasteiger partial charge in [0.1, 0.15) is 12.3 Å². The van der Waals surface area contributed by atoms with Crippen LogP contribution in [0.2, 0.25) is 0 Å². The molecule has 0 radical (unpaired) electrons. The molecule has 2 aliphatic heterocycles. The van der Waals surface area contributed by atoms with E-state index in [2.05, 4.69) is 35.8 Å². The lowest BCUT2D eigenvalue weighted by Crippen LogP contribution is -2.45. The van der Waals surface area contributed by atoms with Crippen LogP contribution in [0, 0.1) is 12.8 Å². The Kier molecular flexibility index (Phi) is 7.93. The van der Waals surface area contributed by atoms with Crippen LogP contribution in [0.4, 0.5) is 0 Å². The Bertz CT molecular complexity index is 1690. The second-order valence-corrected chi connectivity index (χ2v) is 13.0. The maximum Gasteiger partial charge on any atom is 0.255 e. The van der Waals surface area contributed by atoms with Crippen molar-refractivity contribution < 1.29 is 14.3 Å². The van der Waals surface area contributed by atoms with Gasteiger partial charge in [-0.3, -0.25) is 9.59 Å². The summed E-state index contributed by atoms with van der Waals surface area (Å²) in [4.78, 5) is 29.7. The zero-order valence-corrected chi connectivity index (χ0v) is 26.0. The molecule has 1 saturated carbocycles. The van der Waals surface area contributed by atoms with E-state index in [1.807, 2.05) is 39.6 Å². The summed E-state index contributed by atoms with van der Waals surface area (Å²) in [5.41, 5.74) is 13.7. The van der Waals surface area contributed by atoms with E-state index < -0.39 is 0 Å². The average Bonchev–Trinajstić information content (AvgIpc) is 3.71. The van der Waals surface area contributed by atoms with E-state index in [-0.39, 0.29) is 24.5 Å². The van der Waals surface area contributed by atoms with Gasteiger partial charge in [0.15, 0.2) is 0 Å². The number of hydrogen-bond acceptors (Lipinski definition) is 5. The van der Waals surface area contributed by atoms with Crippen LogP contribution >= 0.6 is 0 Å². The number of ether oxygens (including phenoxy) is 1. The first-order valence-electron chi connectivity index (χ1n) is 16.4. The van der Waals surface area contributed by atoms with Gasteiger partial charge in [-0.25, -0.2) is 4.52 Å². The highest BCUT2D eigenvalue weighted by Gasteiger charge is 2.30. The number of para-hydroxylation sites is 1. The number of fused-ring (bicyclic) bond motifs is 2. The maximum absolute atomic E-state index is 13.3. The summed E-state index contributed by atoms with van der Waals surface area (Å²) in [6, 6.07) is 13.0. The molecule has 1 aliphatic carbocycles. The number of carbonyl (C=O) groups is 2. The summed E-state index contributed by atoms with van der Waals surface area (Å²) in [5.74, 6) is 1.20. The number of aryl methyl sites for hydroxylation is 1. The Morgan fingerprint density at radius 2 is 1.84 bits per heavy atom. The molecule has 1 aromatic carbocycles. The molecule has 9 heteroatoms. The van der Waals surface area contributed by atoms with Crippen molar-refractivity contribution >= 4 is 28.2 Å². The highest BCUT2D eigenvalue weighted by atomic mass is 16.5. The van der Waals surface area contributed by atoms with Crippen molar-refractivity contribution in [3.05, 3.63) is 59.3 Å². The van der Waals surface area contributed by atoms with Crippen LogP contribution in [-0.2, 0) is 16.1 Å². The summed E-state index contributed by atoms with van der Waals surface area (Å²) in [6.45, 7) is 8.65. The summed E-state index contributed by atoms with van der Waals surface area (Å²) in [5, 5.41) is 6.35. The number of carbonyl (C=O) groups excluding carboxylic acids is 2. The van der Waals surface area contributed by atoms with Gasteiger partial charge in [-0.05, 0) is 88.0 Å². The predicted molar refractivity (Wildman–Crippen MR) is 172 cm³/mol. The SMILES string of the molecule is CCOCC(=O)N1CCC(c2cccc3cc(-c4nn5cc(C(=O)N6CCCC(N)C6)ccc5c4C)n(CC4CC4)c23)CC1. The lowest BCUT2D eigenvalue weighted by molar-refractivity contribution is -0.137. The number of nitrogens with two attached hydrogens (primary N) is 1. The molecule has 232 valence electrons. The fraction of sp³-hybridized carbons (Fsp3) is 0.514. The van der Waals surface area contributed by atoms with Gasteiger partial charge in [0, 0.05) is 62.5 Å². The van der Waals surface area contributed by atoms with Gasteiger partial charge in [0.25, 0.3) is 5.91 Å². The van der Waals surface area contributed by atoms with Crippen LogP contribution in [0.1, 0.15) is 72.9 Å². The minimum atomic E-state index is 0.0230. The molecular weight excluding hydrogens is 552 g/mol. The molecule has 1 unspecified atom stereocenters. The topological polar surface area (TPSA) is 98.1 Å². The molecule has 1 atom stereocenters. The summed E-state index contributed by atoms with van der Waals surface area (Å²) < 4.78 is 9.78. The van der Waals surface area contributed by atoms with E-state index in [1.54, 1.807) is 0 Å². The first kappa shape index (κ1) is 29.0. The number of rotatable bonds is 8. The molecule has 2 amide bonds. The second-order valence-electron chi connectivity index (χ2n) is 13.0. The van der Waals surface area contributed by atoms with Gasteiger partial charge in [0.05, 0.1) is 22.3 Å². The summed E-state index contributed by atoms with van der Waals surface area (Å²) in [7, 11) is 0. The fourth-order valence-electron chi connectivity index (χ4n) is 7.27. The van der Waals surface area contributed by atoms with Crippen LogP contribution in [0.25, 0.3) is 27.8 Å². The van der Waals surface area contributed by atoms with Gasteiger partial charge in [-0.15, -0.1) is 0 Å². The maximum atomic E-state index is 13.3. The van der Waals surface area contributed by atoms with Crippen LogP contribution < -0.4 is 5.73 Å². The Labute approximate surface area is 258 Å². The zero-order valence-electron chi connectivity index (χ0n) is 26.0. The normalized spacial score (nSPS) is 19.8. The van der Waals surface area contributed by atoms with E-state index in [9.17, 15) is 9.59 Å². The summed E-state index contributed by atoms with van der Waals surface area (Å²) >= 11 is 0. The van der Waals surface area contributed by atoms with Crippen molar-refractivity contribution in [3.63, 3.8) is 0 Å². The number of likely N-dealkylation sites (tertiary alicyclic amines) is 2. The van der Waals surface area contributed by atoms with E-state index in [0.29, 0.717) is 30.6 Å². The van der Waals surface area contributed by atoms with Crippen molar-refractivity contribution in [2.75, 3.05) is 39.4 Å². The quantitative estimate of drug-likeness (QED) is 0.310. The van der Waals surface area contributed by atoms with Crippen molar-refractivity contribution in [1.82, 2.24) is 24.0 Å². The largest absolute Gasteiger partial charge is 0.372 e.